The van der Waals surface area contributed by atoms with Gasteiger partial charge in [0.1, 0.15) is 10.6 Å². The number of hydrogen-bond donors (Lipinski definition) is 3. The van der Waals surface area contributed by atoms with E-state index in [1.54, 1.807) is 31.2 Å². The number of nitrogens with zero attached hydrogens (tertiary/aromatic N) is 1. The molecule has 0 aliphatic rings. The van der Waals surface area contributed by atoms with E-state index in [9.17, 15) is 9.59 Å². The lowest BCUT2D eigenvalue weighted by Crippen LogP contribution is -2.11. The highest BCUT2D eigenvalue weighted by atomic mass is 32.1. The number of nitrogens with one attached hydrogen (secondary N) is 1. The zero-order chi connectivity index (χ0) is 14.0. The third-order valence-electron chi connectivity index (χ3n) is 2.48. The molecule has 7 heteroatoms. The molecule has 0 atom stereocenters. The average Bonchev–Trinajstić information content (AvgIpc) is 2.70. The molecule has 1 aromatic carbocycles. The zero-order valence-corrected chi connectivity index (χ0v) is 10.8. The second-order valence-electron chi connectivity index (χ2n) is 3.85. The molecule has 1 amide bonds. The Bertz CT molecular complexity index is 651. The van der Waals surface area contributed by atoms with E-state index in [2.05, 4.69) is 9.69 Å². The van der Waals surface area contributed by atoms with Crippen LogP contribution in [0.25, 0.3) is 0 Å². The van der Waals surface area contributed by atoms with Crippen molar-refractivity contribution >= 4 is 34.1 Å². The maximum atomic E-state index is 11.1. The fourth-order valence-electron chi connectivity index (χ4n) is 1.59. The van der Waals surface area contributed by atoms with Crippen molar-refractivity contribution in [1.82, 2.24) is 4.37 Å². The molecule has 1 aromatic heterocycles. The van der Waals surface area contributed by atoms with Crippen LogP contribution < -0.4 is 11.1 Å². The number of primary amides is 1. The van der Waals surface area contributed by atoms with Gasteiger partial charge in [-0.2, -0.15) is 4.37 Å². The van der Waals surface area contributed by atoms with Gasteiger partial charge >= 0.3 is 5.97 Å². The van der Waals surface area contributed by atoms with Gasteiger partial charge < -0.3 is 16.2 Å². The fourth-order valence-corrected chi connectivity index (χ4v) is 2.40. The van der Waals surface area contributed by atoms with Gasteiger partial charge in [-0.3, -0.25) is 4.79 Å². The lowest BCUT2D eigenvalue weighted by molar-refractivity contribution is 0.0697. The van der Waals surface area contributed by atoms with Crippen LogP contribution in [0.1, 0.15) is 26.4 Å². The van der Waals surface area contributed by atoms with E-state index in [-0.39, 0.29) is 5.56 Å². The first-order valence-electron chi connectivity index (χ1n) is 5.35. The molecule has 0 radical (unpaired) electrons. The van der Waals surface area contributed by atoms with Crippen molar-refractivity contribution in [3.8, 4) is 0 Å². The highest BCUT2D eigenvalue weighted by Gasteiger charge is 2.17. The average molecular weight is 277 g/mol. The first kappa shape index (κ1) is 13.0. The van der Waals surface area contributed by atoms with Gasteiger partial charge in [-0.25, -0.2) is 4.79 Å². The maximum absolute atomic E-state index is 11.1. The van der Waals surface area contributed by atoms with Crippen LogP contribution in [0.15, 0.2) is 24.3 Å². The number of anilines is 2. The summed E-state index contributed by atoms with van der Waals surface area (Å²) in [5.41, 5.74) is 6.71. The number of carboxylic acid groups (broad SMARTS) is 1. The maximum Gasteiger partial charge on any atom is 0.340 e. The standard InChI is InChI=1S/C12H11N3O3S/c1-6-9(12(17)18)11(19-15-6)14-8-4-2-3-7(5-8)10(13)16/h2-5,14H,1H3,(H2,13,16)(H,17,18). The van der Waals surface area contributed by atoms with Crippen molar-refractivity contribution in [2.24, 2.45) is 5.73 Å². The number of aryl methyl sites for hydroxylation is 1. The van der Waals surface area contributed by atoms with E-state index >= 15 is 0 Å². The molecule has 4 N–H and O–H groups in total. The van der Waals surface area contributed by atoms with Crippen molar-refractivity contribution in [2.75, 3.05) is 5.32 Å². The van der Waals surface area contributed by atoms with Crippen molar-refractivity contribution in [1.29, 1.82) is 0 Å². The molecule has 98 valence electrons. The molecule has 0 saturated carbocycles. The Balaban J connectivity index is 2.34. The third kappa shape index (κ3) is 2.71. The van der Waals surface area contributed by atoms with Crippen LogP contribution in [0.2, 0.25) is 0 Å². The molecular formula is C12H11N3O3S. The van der Waals surface area contributed by atoms with Gasteiger partial charge in [0.15, 0.2) is 0 Å². The molecular weight excluding hydrogens is 266 g/mol. The number of nitrogens with two attached hydrogens (primary N) is 1. The molecule has 0 bridgehead atoms. The lowest BCUT2D eigenvalue weighted by atomic mass is 10.2. The summed E-state index contributed by atoms with van der Waals surface area (Å²) in [6, 6.07) is 6.52. The minimum absolute atomic E-state index is 0.134. The van der Waals surface area contributed by atoms with Crippen molar-refractivity contribution in [2.45, 2.75) is 6.92 Å². The number of aromatic carboxylic acids is 1. The van der Waals surface area contributed by atoms with Crippen molar-refractivity contribution in [3.05, 3.63) is 41.1 Å². The van der Waals surface area contributed by atoms with Gasteiger partial charge in [0.25, 0.3) is 0 Å². The molecule has 6 nitrogen and oxygen atoms in total. The molecule has 0 saturated heterocycles. The number of carbonyl (C=O) groups is 2. The van der Waals surface area contributed by atoms with Gasteiger partial charge in [0.2, 0.25) is 5.91 Å². The van der Waals surface area contributed by atoms with Crippen LogP contribution in [-0.4, -0.2) is 21.4 Å². The zero-order valence-electron chi connectivity index (χ0n) is 10.0. The number of aromatic nitrogens is 1. The summed E-state index contributed by atoms with van der Waals surface area (Å²) >= 11 is 1.06. The van der Waals surface area contributed by atoms with Crippen LogP contribution in [-0.2, 0) is 0 Å². The summed E-state index contributed by atoms with van der Waals surface area (Å²) in [5, 5.41) is 12.5. The molecule has 1 heterocycles. The first-order chi connectivity index (χ1) is 8.99. The Morgan fingerprint density at radius 1 is 1.42 bits per heavy atom. The van der Waals surface area contributed by atoms with E-state index in [1.165, 1.54) is 0 Å². The molecule has 0 spiro atoms. The van der Waals surface area contributed by atoms with Crippen LogP contribution in [0.4, 0.5) is 10.7 Å². The predicted molar refractivity (Wildman–Crippen MR) is 72.1 cm³/mol. The smallest absolute Gasteiger partial charge is 0.340 e. The minimum Gasteiger partial charge on any atom is -0.478 e. The Morgan fingerprint density at radius 2 is 2.16 bits per heavy atom. The van der Waals surface area contributed by atoms with Gasteiger partial charge in [0.05, 0.1) is 5.69 Å². The summed E-state index contributed by atoms with van der Waals surface area (Å²) in [7, 11) is 0. The largest absolute Gasteiger partial charge is 0.478 e. The molecule has 2 aromatic rings. The van der Waals surface area contributed by atoms with E-state index in [1.807, 2.05) is 0 Å². The van der Waals surface area contributed by atoms with Crippen LogP contribution in [0, 0.1) is 6.92 Å². The van der Waals surface area contributed by atoms with E-state index in [4.69, 9.17) is 10.8 Å². The second kappa shape index (κ2) is 5.07. The van der Waals surface area contributed by atoms with Gasteiger partial charge in [-0.1, -0.05) is 6.07 Å². The SMILES string of the molecule is Cc1nsc(Nc2cccc(C(N)=O)c2)c1C(=O)O. The Kier molecular flexibility index (Phi) is 3.48. The molecule has 2 rings (SSSR count). The Hall–Kier alpha value is -2.41. The summed E-state index contributed by atoms with van der Waals surface area (Å²) in [6.45, 7) is 1.63. The number of carboxylic acids is 1. The summed E-state index contributed by atoms with van der Waals surface area (Å²) < 4.78 is 4.00. The predicted octanol–water partition coefficient (Wildman–Crippen LogP) is 1.99. The topological polar surface area (TPSA) is 105 Å². The molecule has 0 unspecified atom stereocenters. The van der Waals surface area contributed by atoms with E-state index in [0.717, 1.165) is 11.5 Å². The second-order valence-corrected chi connectivity index (χ2v) is 4.62. The first-order valence-corrected chi connectivity index (χ1v) is 6.13. The summed E-state index contributed by atoms with van der Waals surface area (Å²) in [6.07, 6.45) is 0. The Morgan fingerprint density at radius 3 is 2.79 bits per heavy atom. The summed E-state index contributed by atoms with van der Waals surface area (Å²) in [4.78, 5) is 22.2. The number of amides is 1. The number of carbonyl (C=O) groups excluding carboxylic acids is 1. The highest BCUT2D eigenvalue weighted by molar-refractivity contribution is 7.10. The quantitative estimate of drug-likeness (QED) is 0.792. The molecule has 0 aliphatic heterocycles. The number of hydrogen-bond acceptors (Lipinski definition) is 5. The van der Waals surface area contributed by atoms with Gasteiger partial charge in [0, 0.05) is 11.3 Å². The van der Waals surface area contributed by atoms with Gasteiger partial charge in [-0.15, -0.1) is 0 Å². The number of benzene rings is 1. The number of rotatable bonds is 4. The van der Waals surface area contributed by atoms with Crippen molar-refractivity contribution in [3.63, 3.8) is 0 Å². The summed E-state index contributed by atoms with van der Waals surface area (Å²) in [5.74, 6) is -1.58. The van der Waals surface area contributed by atoms with Crippen LogP contribution >= 0.6 is 11.5 Å². The van der Waals surface area contributed by atoms with Gasteiger partial charge in [-0.05, 0) is 36.7 Å². The normalized spacial score (nSPS) is 10.2. The molecule has 0 fully saturated rings. The fraction of sp³-hybridized carbons (Fsp3) is 0.0833. The van der Waals surface area contributed by atoms with Crippen molar-refractivity contribution < 1.29 is 14.7 Å². The third-order valence-corrected chi connectivity index (χ3v) is 3.34. The molecule has 19 heavy (non-hydrogen) atoms. The van der Waals surface area contributed by atoms with Crippen LogP contribution in [0.5, 0.6) is 0 Å². The Labute approximate surface area is 113 Å². The van der Waals surface area contributed by atoms with E-state index < -0.39 is 11.9 Å². The highest BCUT2D eigenvalue weighted by Crippen LogP contribution is 2.28. The lowest BCUT2D eigenvalue weighted by Gasteiger charge is -2.06. The van der Waals surface area contributed by atoms with E-state index in [0.29, 0.717) is 21.9 Å². The minimum atomic E-state index is -1.04. The molecule has 0 aliphatic carbocycles. The monoisotopic (exact) mass is 277 g/mol. The van der Waals surface area contributed by atoms with Crippen LogP contribution in [0.3, 0.4) is 0 Å².